The Morgan fingerprint density at radius 1 is 1.03 bits per heavy atom. The minimum atomic E-state index is 0.318. The van der Waals surface area contributed by atoms with Crippen LogP contribution in [0.1, 0.15) is 78.6 Å². The van der Waals surface area contributed by atoms with Crippen LogP contribution in [0.2, 0.25) is 0 Å². The van der Waals surface area contributed by atoms with Crippen LogP contribution in [0.3, 0.4) is 0 Å². The molecular weight excluding hydrogens is 416 g/mol. The normalized spacial score (nSPS) is 43.6. The number of quaternary nitrogens is 1. The fourth-order valence-corrected chi connectivity index (χ4v) is 9.20. The molecule has 2 heterocycles. The van der Waals surface area contributed by atoms with Gasteiger partial charge in [0.1, 0.15) is 11.4 Å². The van der Waals surface area contributed by atoms with Crippen LogP contribution in [0.15, 0.2) is 52.7 Å². The molecule has 4 aliphatic carbocycles. The van der Waals surface area contributed by atoms with E-state index in [1.165, 1.54) is 75.0 Å². The predicted octanol–water partition coefficient (Wildman–Crippen LogP) is 7.69. The zero-order chi connectivity index (χ0) is 23.1. The highest BCUT2D eigenvalue weighted by Gasteiger charge is 2.69. The van der Waals surface area contributed by atoms with Crippen LogP contribution in [-0.4, -0.2) is 25.1 Å². The van der Waals surface area contributed by atoms with E-state index in [4.69, 9.17) is 9.73 Å². The Labute approximate surface area is 205 Å². The van der Waals surface area contributed by atoms with Crippen LogP contribution in [0, 0.1) is 28.6 Å². The Kier molecular flexibility index (Phi) is 4.69. The lowest BCUT2D eigenvalue weighted by Gasteiger charge is -2.57. The number of aliphatic imine (C=N–C) groups is 1. The molecular formula is C31H41N2O+. The number of allylic oxidation sites excluding steroid dienone is 3. The maximum atomic E-state index is 6.29. The molecule has 0 bridgehead atoms. The monoisotopic (exact) mass is 457 g/mol. The van der Waals surface area contributed by atoms with Gasteiger partial charge in [-0.1, -0.05) is 51.0 Å². The zero-order valence-corrected chi connectivity index (χ0v) is 21.4. The van der Waals surface area contributed by atoms with E-state index in [1.54, 1.807) is 11.3 Å². The summed E-state index contributed by atoms with van der Waals surface area (Å²) in [5, 5.41) is 0. The maximum Gasteiger partial charge on any atom is 0.271 e. The Balaban J connectivity index is 1.15. The summed E-state index contributed by atoms with van der Waals surface area (Å²) in [5.74, 6) is 3.85. The number of ether oxygens (including phenoxy) is 1. The Hall–Kier alpha value is -1.71. The molecule has 0 aromatic heterocycles. The molecule has 0 spiro atoms. The number of fused-ring (bicyclic) bond motifs is 8. The van der Waals surface area contributed by atoms with Crippen LogP contribution in [0.4, 0.5) is 11.4 Å². The molecule has 0 amide bonds. The molecule has 1 saturated heterocycles. The first-order chi connectivity index (χ1) is 16.5. The summed E-state index contributed by atoms with van der Waals surface area (Å²) in [6, 6.07) is 8.88. The van der Waals surface area contributed by atoms with Crippen molar-refractivity contribution in [2.45, 2.75) is 84.7 Å². The lowest BCUT2D eigenvalue weighted by Crippen LogP contribution is -2.51. The van der Waals surface area contributed by atoms with Crippen LogP contribution in [-0.2, 0) is 4.74 Å². The summed E-state index contributed by atoms with van der Waals surface area (Å²) < 4.78 is 7.27. The predicted molar refractivity (Wildman–Crippen MR) is 140 cm³/mol. The maximum absolute atomic E-state index is 6.29. The molecule has 6 aliphatic rings. The average molecular weight is 458 g/mol. The number of amidine groups is 1. The van der Waals surface area contributed by atoms with Crippen molar-refractivity contribution >= 4 is 17.2 Å². The lowest BCUT2D eigenvalue weighted by molar-refractivity contribution is -0.0447. The fraction of sp³-hybridized carbons (Fsp3) is 0.645. The van der Waals surface area contributed by atoms with E-state index in [1.807, 2.05) is 0 Å². The van der Waals surface area contributed by atoms with E-state index in [0.717, 1.165) is 35.4 Å². The highest BCUT2D eigenvalue weighted by Crippen LogP contribution is 2.68. The van der Waals surface area contributed by atoms with Crippen molar-refractivity contribution in [1.29, 1.82) is 0 Å². The van der Waals surface area contributed by atoms with Gasteiger partial charge in [-0.15, -0.1) is 0 Å². The molecule has 34 heavy (non-hydrogen) atoms. The summed E-state index contributed by atoms with van der Waals surface area (Å²) in [4.78, 5) is 5.02. The van der Waals surface area contributed by atoms with Gasteiger partial charge in [0.05, 0.1) is 6.10 Å². The molecule has 0 radical (unpaired) electrons. The highest BCUT2D eigenvalue weighted by molar-refractivity contribution is 6.18. The van der Waals surface area contributed by atoms with Gasteiger partial charge in [-0.2, -0.15) is 4.99 Å². The van der Waals surface area contributed by atoms with Crippen molar-refractivity contribution in [3.8, 4) is 0 Å². The van der Waals surface area contributed by atoms with E-state index in [0.29, 0.717) is 16.9 Å². The first-order valence-corrected chi connectivity index (χ1v) is 14.1. The second-order valence-corrected chi connectivity index (χ2v) is 12.6. The van der Waals surface area contributed by atoms with E-state index >= 15 is 0 Å². The quantitative estimate of drug-likeness (QED) is 0.192. The number of para-hydroxylation sites is 2. The molecule has 7 rings (SSSR count). The van der Waals surface area contributed by atoms with Crippen molar-refractivity contribution in [3.05, 3.63) is 47.7 Å². The van der Waals surface area contributed by atoms with Crippen LogP contribution in [0.25, 0.3) is 0 Å². The topological polar surface area (TPSA) is 21.6 Å². The summed E-state index contributed by atoms with van der Waals surface area (Å²) in [5.41, 5.74) is 6.79. The smallest absolute Gasteiger partial charge is 0.271 e. The summed E-state index contributed by atoms with van der Waals surface area (Å²) in [7, 11) is 0. The summed E-state index contributed by atoms with van der Waals surface area (Å²) in [6.07, 6.45) is 17.3. The van der Waals surface area contributed by atoms with Gasteiger partial charge < -0.3 is 4.74 Å². The van der Waals surface area contributed by atoms with E-state index in [9.17, 15) is 0 Å². The Morgan fingerprint density at radius 2 is 1.88 bits per heavy atom. The van der Waals surface area contributed by atoms with Crippen molar-refractivity contribution < 1.29 is 4.74 Å². The van der Waals surface area contributed by atoms with Crippen molar-refractivity contribution in [3.63, 3.8) is 0 Å². The standard InChI is InChI=1S/C31H41N2O/c1-4-5-18-34-22-14-16-30(2)21(19-22)10-11-23-24-12-13-28(31(24,3)17-15-25(23)30)33-20-29(33)32-26-8-6-7-9-27(26)33/h6-10,13,22-25H,4-5,11-12,14-20H2,1-3H3/q+1/t22-,23?,24?,25?,30-,31-,33?/m0/s1. The second kappa shape index (κ2) is 7.40. The largest absolute Gasteiger partial charge is 0.378 e. The minimum Gasteiger partial charge on any atom is -0.378 e. The molecule has 7 atom stereocenters. The van der Waals surface area contributed by atoms with Crippen molar-refractivity contribution in [2.75, 3.05) is 13.2 Å². The van der Waals surface area contributed by atoms with Gasteiger partial charge in [-0.05, 0) is 86.7 Å². The SMILES string of the molecule is CCCCO[C@H]1CC[C@@]2(C)C(=CCC3C2CC[C@]2(C)C([N+]45CC4=Nc4ccccc45)=CCC32)C1. The summed E-state index contributed by atoms with van der Waals surface area (Å²) in [6.45, 7) is 9.56. The molecule has 3 nitrogen and oxygen atoms in total. The van der Waals surface area contributed by atoms with Gasteiger partial charge in [0, 0.05) is 18.1 Å². The molecule has 3 heteroatoms. The van der Waals surface area contributed by atoms with Gasteiger partial charge in [-0.25, -0.2) is 4.48 Å². The molecule has 4 unspecified atom stereocenters. The molecule has 2 aliphatic heterocycles. The zero-order valence-electron chi connectivity index (χ0n) is 21.4. The molecule has 0 N–H and O–H groups in total. The first-order valence-electron chi connectivity index (χ1n) is 14.1. The molecule has 1 aromatic carbocycles. The van der Waals surface area contributed by atoms with E-state index < -0.39 is 0 Å². The third-order valence-electron chi connectivity index (χ3n) is 11.1. The highest BCUT2D eigenvalue weighted by atomic mass is 16.5. The van der Waals surface area contributed by atoms with Gasteiger partial charge in [0.25, 0.3) is 5.84 Å². The third kappa shape index (κ3) is 2.75. The van der Waals surface area contributed by atoms with Crippen LogP contribution < -0.4 is 4.48 Å². The van der Waals surface area contributed by atoms with Gasteiger partial charge in [0.15, 0.2) is 12.2 Å². The number of nitrogens with zero attached hydrogens (tertiary/aromatic N) is 2. The van der Waals surface area contributed by atoms with Gasteiger partial charge in [0.2, 0.25) is 0 Å². The second-order valence-electron chi connectivity index (χ2n) is 12.6. The van der Waals surface area contributed by atoms with Gasteiger partial charge in [-0.3, -0.25) is 0 Å². The Bertz CT molecular complexity index is 1120. The van der Waals surface area contributed by atoms with E-state index in [-0.39, 0.29) is 0 Å². The van der Waals surface area contributed by atoms with Gasteiger partial charge >= 0.3 is 0 Å². The van der Waals surface area contributed by atoms with E-state index in [2.05, 4.69) is 57.2 Å². The van der Waals surface area contributed by atoms with Crippen LogP contribution in [0.5, 0.6) is 0 Å². The molecule has 180 valence electrons. The van der Waals surface area contributed by atoms with Crippen LogP contribution >= 0.6 is 0 Å². The number of hydrogen-bond acceptors (Lipinski definition) is 2. The molecule has 2 saturated carbocycles. The average Bonchev–Trinajstić information content (AvgIpc) is 3.28. The molecule has 1 aromatic rings. The number of hydrogen-bond donors (Lipinski definition) is 0. The third-order valence-corrected chi connectivity index (χ3v) is 11.1. The number of rotatable bonds is 5. The number of unbranched alkanes of at least 4 members (excludes halogenated alkanes) is 1. The first kappa shape index (κ1) is 21.6. The van der Waals surface area contributed by atoms with Crippen molar-refractivity contribution in [1.82, 2.24) is 4.48 Å². The summed E-state index contributed by atoms with van der Waals surface area (Å²) >= 11 is 0. The minimum absolute atomic E-state index is 0.318. The number of benzene rings is 1. The Morgan fingerprint density at radius 3 is 2.76 bits per heavy atom. The molecule has 3 fully saturated rings. The van der Waals surface area contributed by atoms with Crippen molar-refractivity contribution in [2.24, 2.45) is 33.6 Å². The lowest BCUT2D eigenvalue weighted by atomic mass is 9.47. The fourth-order valence-electron chi connectivity index (χ4n) is 9.20.